The van der Waals surface area contributed by atoms with Gasteiger partial charge in [-0.15, -0.1) is 11.3 Å². The molecule has 0 aliphatic heterocycles. The van der Waals surface area contributed by atoms with Crippen LogP contribution in [-0.4, -0.2) is 14.3 Å². The predicted molar refractivity (Wildman–Crippen MR) is 57.3 cm³/mol. The lowest BCUT2D eigenvalue weighted by atomic mass is 10.3. The molecule has 0 aliphatic rings. The van der Waals surface area contributed by atoms with Crippen molar-refractivity contribution >= 4 is 38.8 Å². The zero-order valence-corrected chi connectivity index (χ0v) is 10.0. The molecule has 2 rings (SSSR count). The van der Waals surface area contributed by atoms with E-state index < -0.39 is 0 Å². The van der Waals surface area contributed by atoms with Crippen LogP contribution in [-0.2, 0) is 6.42 Å². The number of hydrogen-bond donors (Lipinski definition) is 0. The van der Waals surface area contributed by atoms with Crippen LogP contribution < -0.4 is 0 Å². The van der Waals surface area contributed by atoms with Crippen LogP contribution >= 0.6 is 38.8 Å². The Hall–Kier alpha value is -0.330. The number of rotatable bonds is 2. The predicted octanol–water partition coefficient (Wildman–Crippen LogP) is 2.66. The van der Waals surface area contributed by atoms with Crippen molar-refractivity contribution in [3.63, 3.8) is 0 Å². The first-order chi connectivity index (χ1) is 6.24. The Morgan fingerprint density at radius 3 is 2.85 bits per heavy atom. The summed E-state index contributed by atoms with van der Waals surface area (Å²) in [6, 6.07) is 0. The molecule has 0 atom stereocenters. The van der Waals surface area contributed by atoms with Crippen LogP contribution in [0.1, 0.15) is 16.5 Å². The van der Waals surface area contributed by atoms with Gasteiger partial charge in [0, 0.05) is 5.38 Å². The van der Waals surface area contributed by atoms with Gasteiger partial charge < -0.3 is 0 Å². The van der Waals surface area contributed by atoms with Crippen molar-refractivity contribution in [2.24, 2.45) is 0 Å². The SMILES string of the molecule is Cc1nc(Cc2nsc(Br)n2)cs1. The Bertz CT molecular complexity index is 371. The van der Waals surface area contributed by atoms with Crippen LogP contribution in [0, 0.1) is 6.92 Å². The van der Waals surface area contributed by atoms with Gasteiger partial charge in [0.15, 0.2) is 3.92 Å². The molecule has 0 fully saturated rings. The molecule has 6 heteroatoms. The average Bonchev–Trinajstić information content (AvgIpc) is 2.62. The van der Waals surface area contributed by atoms with Crippen molar-refractivity contribution in [1.82, 2.24) is 14.3 Å². The largest absolute Gasteiger partial charge is 0.246 e. The fraction of sp³-hybridized carbons (Fsp3) is 0.286. The van der Waals surface area contributed by atoms with Gasteiger partial charge >= 0.3 is 0 Å². The smallest absolute Gasteiger partial charge is 0.179 e. The molecule has 2 aromatic heterocycles. The second-order valence-electron chi connectivity index (χ2n) is 2.50. The lowest BCUT2D eigenvalue weighted by Gasteiger charge is -1.87. The Kier molecular flexibility index (Phi) is 2.71. The Morgan fingerprint density at radius 2 is 2.31 bits per heavy atom. The third-order valence-corrected chi connectivity index (χ3v) is 3.43. The highest BCUT2D eigenvalue weighted by molar-refractivity contribution is 9.11. The van der Waals surface area contributed by atoms with E-state index in [0.29, 0.717) is 0 Å². The summed E-state index contributed by atoms with van der Waals surface area (Å²) in [5, 5.41) is 3.13. The highest BCUT2D eigenvalue weighted by atomic mass is 79.9. The summed E-state index contributed by atoms with van der Waals surface area (Å²) in [6.07, 6.45) is 0.729. The van der Waals surface area contributed by atoms with E-state index in [0.717, 1.165) is 26.9 Å². The standard InChI is InChI=1S/C7H6BrN3S2/c1-4-9-5(3-12-4)2-6-10-7(8)13-11-6/h3H,2H2,1H3. The van der Waals surface area contributed by atoms with Crippen molar-refractivity contribution in [3.8, 4) is 0 Å². The molecule has 0 spiro atoms. The molecule has 13 heavy (non-hydrogen) atoms. The summed E-state index contributed by atoms with van der Waals surface area (Å²) in [5.41, 5.74) is 1.05. The minimum absolute atomic E-state index is 0.729. The zero-order chi connectivity index (χ0) is 9.26. The summed E-state index contributed by atoms with van der Waals surface area (Å²) < 4.78 is 5.00. The van der Waals surface area contributed by atoms with Crippen molar-refractivity contribution < 1.29 is 0 Å². The molecule has 0 N–H and O–H groups in total. The van der Waals surface area contributed by atoms with Crippen LogP contribution in [0.5, 0.6) is 0 Å². The maximum atomic E-state index is 4.34. The molecule has 2 aromatic rings. The molecule has 0 bridgehead atoms. The number of halogens is 1. The van der Waals surface area contributed by atoms with E-state index in [4.69, 9.17) is 0 Å². The van der Waals surface area contributed by atoms with Gasteiger partial charge in [0.2, 0.25) is 0 Å². The van der Waals surface area contributed by atoms with Crippen molar-refractivity contribution in [2.75, 3.05) is 0 Å². The zero-order valence-electron chi connectivity index (χ0n) is 6.82. The normalized spacial score (nSPS) is 10.6. The summed E-state index contributed by atoms with van der Waals surface area (Å²) in [4.78, 5) is 8.55. The third-order valence-electron chi connectivity index (χ3n) is 1.45. The highest BCUT2D eigenvalue weighted by Crippen LogP contribution is 2.15. The fourth-order valence-electron chi connectivity index (χ4n) is 0.956. The highest BCUT2D eigenvalue weighted by Gasteiger charge is 2.05. The van der Waals surface area contributed by atoms with Gasteiger partial charge in [0.1, 0.15) is 5.82 Å². The first-order valence-corrected chi connectivity index (χ1v) is 6.08. The van der Waals surface area contributed by atoms with Crippen molar-refractivity contribution in [1.29, 1.82) is 0 Å². The maximum absolute atomic E-state index is 4.34. The molecule has 0 unspecified atom stereocenters. The maximum Gasteiger partial charge on any atom is 0.179 e. The lowest BCUT2D eigenvalue weighted by Crippen LogP contribution is -1.90. The topological polar surface area (TPSA) is 38.7 Å². The second kappa shape index (κ2) is 3.81. The van der Waals surface area contributed by atoms with Crippen LogP contribution in [0.3, 0.4) is 0 Å². The fourth-order valence-corrected chi connectivity index (χ4v) is 2.42. The number of hydrogen-bond acceptors (Lipinski definition) is 5. The van der Waals surface area contributed by atoms with E-state index in [1.54, 1.807) is 11.3 Å². The van der Waals surface area contributed by atoms with Crippen LogP contribution in [0.25, 0.3) is 0 Å². The number of aryl methyl sites for hydroxylation is 1. The minimum Gasteiger partial charge on any atom is -0.246 e. The quantitative estimate of drug-likeness (QED) is 0.846. The summed E-state index contributed by atoms with van der Waals surface area (Å²) in [5.74, 6) is 0.835. The van der Waals surface area contributed by atoms with E-state index in [9.17, 15) is 0 Å². The van der Waals surface area contributed by atoms with Gasteiger partial charge in [-0.25, -0.2) is 9.97 Å². The van der Waals surface area contributed by atoms with Gasteiger partial charge in [0.25, 0.3) is 0 Å². The van der Waals surface area contributed by atoms with Gasteiger partial charge in [-0.1, -0.05) is 0 Å². The molecular formula is C7H6BrN3S2. The molecule has 3 nitrogen and oxygen atoms in total. The van der Waals surface area contributed by atoms with Gasteiger partial charge in [0.05, 0.1) is 17.1 Å². The Labute approximate surface area is 92.2 Å². The molecule has 0 amide bonds. The summed E-state index contributed by atoms with van der Waals surface area (Å²) in [7, 11) is 0. The van der Waals surface area contributed by atoms with Crippen LogP contribution in [0.15, 0.2) is 9.30 Å². The van der Waals surface area contributed by atoms with Crippen molar-refractivity contribution in [3.05, 3.63) is 25.8 Å². The second-order valence-corrected chi connectivity index (χ2v) is 5.59. The van der Waals surface area contributed by atoms with Crippen LogP contribution in [0.4, 0.5) is 0 Å². The van der Waals surface area contributed by atoms with E-state index in [2.05, 4.69) is 30.3 Å². The number of nitrogens with zero attached hydrogens (tertiary/aromatic N) is 3. The molecular weight excluding hydrogens is 270 g/mol. The van der Waals surface area contributed by atoms with Gasteiger partial charge in [-0.05, 0) is 34.4 Å². The summed E-state index contributed by atoms with van der Waals surface area (Å²) >= 11 is 6.29. The minimum atomic E-state index is 0.729. The lowest BCUT2D eigenvalue weighted by molar-refractivity contribution is 0.986. The average molecular weight is 276 g/mol. The summed E-state index contributed by atoms with van der Waals surface area (Å²) in [6.45, 7) is 2.00. The third kappa shape index (κ3) is 2.32. The van der Waals surface area contributed by atoms with Gasteiger partial charge in [-0.3, -0.25) is 0 Å². The van der Waals surface area contributed by atoms with E-state index in [-0.39, 0.29) is 0 Å². The first-order valence-electron chi connectivity index (χ1n) is 3.63. The van der Waals surface area contributed by atoms with E-state index in [1.165, 1.54) is 11.5 Å². The number of aromatic nitrogens is 3. The van der Waals surface area contributed by atoms with E-state index in [1.807, 2.05) is 12.3 Å². The molecule has 0 aromatic carbocycles. The Balaban J connectivity index is 2.14. The molecule has 0 aliphatic carbocycles. The molecule has 2 heterocycles. The van der Waals surface area contributed by atoms with Crippen molar-refractivity contribution in [2.45, 2.75) is 13.3 Å². The first kappa shape index (κ1) is 9.23. The molecule has 68 valence electrons. The van der Waals surface area contributed by atoms with E-state index >= 15 is 0 Å². The molecule has 0 saturated heterocycles. The Morgan fingerprint density at radius 1 is 1.46 bits per heavy atom. The monoisotopic (exact) mass is 275 g/mol. The van der Waals surface area contributed by atoms with Gasteiger partial charge in [-0.2, -0.15) is 4.37 Å². The van der Waals surface area contributed by atoms with Crippen LogP contribution in [0.2, 0.25) is 0 Å². The molecule has 0 radical (unpaired) electrons. The molecule has 0 saturated carbocycles. The number of thiazole rings is 1.